The van der Waals surface area contributed by atoms with Crippen LogP contribution in [0.4, 0.5) is 29.2 Å². The summed E-state index contributed by atoms with van der Waals surface area (Å²) < 4.78 is 60.5. The molecule has 2 aliphatic heterocycles. The Bertz CT molecular complexity index is 1230. The van der Waals surface area contributed by atoms with Crippen molar-refractivity contribution in [3.05, 3.63) is 64.3 Å². The van der Waals surface area contributed by atoms with Gasteiger partial charge in [-0.15, -0.1) is 0 Å². The van der Waals surface area contributed by atoms with E-state index in [1.165, 1.54) is 18.5 Å². The van der Waals surface area contributed by atoms with Gasteiger partial charge in [0.15, 0.2) is 17.5 Å². The molecule has 2 aromatic heterocycles. The van der Waals surface area contributed by atoms with Crippen LogP contribution in [0.3, 0.4) is 0 Å². The summed E-state index contributed by atoms with van der Waals surface area (Å²) in [4.78, 5) is 17.1. The van der Waals surface area contributed by atoms with Crippen LogP contribution in [0.1, 0.15) is 23.2 Å². The highest BCUT2D eigenvalue weighted by Gasteiger charge is 2.31. The third kappa shape index (κ3) is 4.90. The zero-order valence-corrected chi connectivity index (χ0v) is 19.4. The number of anilines is 2. The van der Waals surface area contributed by atoms with Crippen molar-refractivity contribution in [2.75, 3.05) is 42.6 Å². The number of benzene rings is 1. The van der Waals surface area contributed by atoms with Crippen LogP contribution in [0.25, 0.3) is 11.3 Å². The molecule has 11 heteroatoms. The Balaban J connectivity index is 1.48. The SMILES string of the molecule is Fc1c(-c2cnc3c(n2)N(Cc2cc(C(F)(F)F)ccc2Cl)CCC3)ccnc1N1CCOCC1. The van der Waals surface area contributed by atoms with Gasteiger partial charge in [0.05, 0.1) is 36.4 Å². The normalized spacial score (nSPS) is 16.4. The first-order chi connectivity index (χ1) is 16.8. The number of fused-ring (bicyclic) bond motifs is 1. The van der Waals surface area contributed by atoms with E-state index in [9.17, 15) is 13.2 Å². The van der Waals surface area contributed by atoms with Crippen molar-refractivity contribution >= 4 is 23.2 Å². The lowest BCUT2D eigenvalue weighted by Gasteiger charge is -2.30. The first kappa shape index (κ1) is 23.7. The molecule has 0 amide bonds. The number of halogens is 5. The van der Waals surface area contributed by atoms with Gasteiger partial charge in [-0.1, -0.05) is 11.6 Å². The second kappa shape index (κ2) is 9.58. The summed E-state index contributed by atoms with van der Waals surface area (Å²) in [5.41, 5.74) is 0.889. The molecular weight excluding hydrogens is 486 g/mol. The first-order valence-electron chi connectivity index (χ1n) is 11.3. The molecule has 1 aromatic carbocycles. The summed E-state index contributed by atoms with van der Waals surface area (Å²) >= 11 is 6.23. The Morgan fingerprint density at radius 2 is 1.83 bits per heavy atom. The fourth-order valence-corrected chi connectivity index (χ4v) is 4.54. The van der Waals surface area contributed by atoms with Gasteiger partial charge in [0.2, 0.25) is 0 Å². The van der Waals surface area contributed by atoms with Crippen molar-refractivity contribution in [2.24, 2.45) is 0 Å². The van der Waals surface area contributed by atoms with Gasteiger partial charge >= 0.3 is 6.18 Å². The Hall–Kier alpha value is -2.98. The van der Waals surface area contributed by atoms with Crippen LogP contribution in [0.15, 0.2) is 36.7 Å². The van der Waals surface area contributed by atoms with Crippen molar-refractivity contribution in [3.8, 4) is 11.3 Å². The third-order valence-electron chi connectivity index (χ3n) is 6.16. The Kier molecular flexibility index (Phi) is 6.50. The molecule has 35 heavy (non-hydrogen) atoms. The molecule has 4 heterocycles. The van der Waals surface area contributed by atoms with E-state index >= 15 is 4.39 Å². The number of aromatic nitrogens is 3. The maximum atomic E-state index is 15.5. The van der Waals surface area contributed by atoms with E-state index < -0.39 is 17.6 Å². The number of morpholine rings is 1. The molecule has 0 radical (unpaired) electrons. The zero-order valence-electron chi connectivity index (χ0n) is 18.7. The van der Waals surface area contributed by atoms with E-state index in [4.69, 9.17) is 21.3 Å². The maximum Gasteiger partial charge on any atom is 0.416 e. The summed E-state index contributed by atoms with van der Waals surface area (Å²) in [5.74, 6) is 0.260. The number of ether oxygens (including phenoxy) is 1. The Labute approximate surface area is 204 Å². The summed E-state index contributed by atoms with van der Waals surface area (Å²) in [6, 6.07) is 4.83. The third-order valence-corrected chi connectivity index (χ3v) is 6.53. The van der Waals surface area contributed by atoms with Gasteiger partial charge in [-0.2, -0.15) is 13.2 Å². The van der Waals surface area contributed by atoms with Gasteiger partial charge in [0.1, 0.15) is 0 Å². The van der Waals surface area contributed by atoms with Crippen LogP contribution < -0.4 is 9.80 Å². The summed E-state index contributed by atoms with van der Waals surface area (Å²) in [5, 5.41) is 0.240. The highest BCUT2D eigenvalue weighted by atomic mass is 35.5. The lowest BCUT2D eigenvalue weighted by Crippen LogP contribution is -2.37. The number of alkyl halides is 3. The maximum absolute atomic E-state index is 15.5. The van der Waals surface area contributed by atoms with Crippen molar-refractivity contribution in [2.45, 2.75) is 25.6 Å². The predicted molar refractivity (Wildman–Crippen MR) is 124 cm³/mol. The molecule has 6 nitrogen and oxygen atoms in total. The van der Waals surface area contributed by atoms with E-state index in [1.807, 2.05) is 9.80 Å². The van der Waals surface area contributed by atoms with E-state index in [0.29, 0.717) is 62.0 Å². The van der Waals surface area contributed by atoms with E-state index in [1.54, 1.807) is 6.07 Å². The van der Waals surface area contributed by atoms with Crippen molar-refractivity contribution in [3.63, 3.8) is 0 Å². The summed E-state index contributed by atoms with van der Waals surface area (Å²) in [6.45, 7) is 2.76. The van der Waals surface area contributed by atoms with Crippen LogP contribution in [0, 0.1) is 5.82 Å². The Morgan fingerprint density at radius 3 is 2.60 bits per heavy atom. The molecule has 0 bridgehead atoms. The fraction of sp³-hybridized carbons (Fsp3) is 0.375. The minimum Gasteiger partial charge on any atom is -0.378 e. The number of nitrogens with zero attached hydrogens (tertiary/aromatic N) is 5. The van der Waals surface area contributed by atoms with E-state index in [-0.39, 0.29) is 22.9 Å². The van der Waals surface area contributed by atoms with Crippen molar-refractivity contribution in [1.29, 1.82) is 0 Å². The van der Waals surface area contributed by atoms with Crippen molar-refractivity contribution < 1.29 is 22.3 Å². The van der Waals surface area contributed by atoms with Crippen molar-refractivity contribution in [1.82, 2.24) is 15.0 Å². The summed E-state index contributed by atoms with van der Waals surface area (Å²) in [7, 11) is 0. The van der Waals surface area contributed by atoms with Gasteiger partial charge in [-0.05, 0) is 42.7 Å². The second-order valence-electron chi connectivity index (χ2n) is 8.45. The minimum absolute atomic E-state index is 0.131. The number of aryl methyl sites for hydroxylation is 1. The van der Waals surface area contributed by atoms with Gasteiger partial charge in [0, 0.05) is 43.0 Å². The molecule has 5 rings (SSSR count). The highest BCUT2D eigenvalue weighted by Crippen LogP contribution is 2.35. The molecule has 1 saturated heterocycles. The standard InChI is InChI=1S/C24H22ClF4N5O/c25-18-4-3-16(24(27,28)29)12-15(18)14-34-7-1-2-19-22(34)32-20(13-31-19)17-5-6-30-23(21(17)26)33-8-10-35-11-9-33/h3-6,12-13H,1-2,7-11,14H2. The molecular formula is C24H22ClF4N5O. The minimum atomic E-state index is -4.47. The highest BCUT2D eigenvalue weighted by molar-refractivity contribution is 6.31. The molecule has 0 spiro atoms. The lowest BCUT2D eigenvalue weighted by atomic mass is 10.1. The molecule has 3 aromatic rings. The molecule has 0 N–H and O–H groups in total. The van der Waals surface area contributed by atoms with Gasteiger partial charge in [0.25, 0.3) is 0 Å². The van der Waals surface area contributed by atoms with E-state index in [0.717, 1.165) is 18.6 Å². The van der Waals surface area contributed by atoms with Crippen LogP contribution in [-0.4, -0.2) is 47.8 Å². The average molecular weight is 508 g/mol. The molecule has 2 aliphatic rings. The van der Waals surface area contributed by atoms with Crippen LogP contribution in [0.2, 0.25) is 5.02 Å². The van der Waals surface area contributed by atoms with Gasteiger partial charge in [-0.25, -0.2) is 14.4 Å². The van der Waals surface area contributed by atoms with Crippen LogP contribution >= 0.6 is 11.6 Å². The Morgan fingerprint density at radius 1 is 1.03 bits per heavy atom. The topological polar surface area (TPSA) is 54.4 Å². The number of pyridine rings is 1. The molecule has 0 aliphatic carbocycles. The molecule has 184 valence electrons. The molecule has 0 unspecified atom stereocenters. The fourth-order valence-electron chi connectivity index (χ4n) is 4.36. The number of rotatable bonds is 4. The zero-order chi connectivity index (χ0) is 24.6. The van der Waals surface area contributed by atoms with Gasteiger partial charge < -0.3 is 14.5 Å². The second-order valence-corrected chi connectivity index (χ2v) is 8.86. The first-order valence-corrected chi connectivity index (χ1v) is 11.6. The molecule has 1 fully saturated rings. The quantitative estimate of drug-likeness (QED) is 0.456. The molecule has 0 saturated carbocycles. The summed E-state index contributed by atoms with van der Waals surface area (Å²) in [6.07, 6.45) is 0.0322. The molecule has 0 atom stereocenters. The lowest BCUT2D eigenvalue weighted by molar-refractivity contribution is -0.137. The largest absolute Gasteiger partial charge is 0.416 e. The van der Waals surface area contributed by atoms with Crippen LogP contribution in [-0.2, 0) is 23.9 Å². The monoisotopic (exact) mass is 507 g/mol. The average Bonchev–Trinajstić information content (AvgIpc) is 2.85. The number of hydrogen-bond donors (Lipinski definition) is 0. The van der Waals surface area contributed by atoms with Crippen LogP contribution in [0.5, 0.6) is 0 Å². The number of hydrogen-bond acceptors (Lipinski definition) is 6. The van der Waals surface area contributed by atoms with E-state index in [2.05, 4.69) is 9.97 Å². The smallest absolute Gasteiger partial charge is 0.378 e. The predicted octanol–water partition coefficient (Wildman–Crippen LogP) is 5.14. The van der Waals surface area contributed by atoms with Gasteiger partial charge in [-0.3, -0.25) is 4.98 Å².